The molecule has 134 valence electrons. The van der Waals surface area contributed by atoms with E-state index in [0.717, 1.165) is 0 Å². The summed E-state index contributed by atoms with van der Waals surface area (Å²) >= 11 is 0. The Bertz CT molecular complexity index is 565. The number of aliphatic hydroxyl groups is 1. The van der Waals surface area contributed by atoms with Crippen LogP contribution < -0.4 is 0 Å². The Balaban J connectivity index is 2.54. The first-order valence-corrected chi connectivity index (χ1v) is 8.13. The largest absolute Gasteiger partial charge is 0.478 e. The van der Waals surface area contributed by atoms with Crippen LogP contribution in [0.1, 0.15) is 33.6 Å². The number of hydrogen-bond acceptors (Lipinski definition) is 6. The zero-order chi connectivity index (χ0) is 18.1. The molecule has 0 aromatic rings. The quantitative estimate of drug-likeness (QED) is 0.739. The van der Waals surface area contributed by atoms with Crippen LogP contribution in [-0.2, 0) is 23.9 Å². The van der Waals surface area contributed by atoms with Gasteiger partial charge in [-0.2, -0.15) is 0 Å². The second-order valence-electron chi connectivity index (χ2n) is 6.92. The second kappa shape index (κ2) is 6.93. The van der Waals surface area contributed by atoms with Crippen LogP contribution in [0.25, 0.3) is 0 Å². The van der Waals surface area contributed by atoms with E-state index in [1.54, 1.807) is 6.08 Å². The molecule has 4 unspecified atom stereocenters. The fourth-order valence-electron chi connectivity index (χ4n) is 3.99. The summed E-state index contributed by atoms with van der Waals surface area (Å²) in [5.41, 5.74) is -1.36. The average Bonchev–Trinajstić information content (AvgIpc) is 2.66. The second-order valence-corrected chi connectivity index (χ2v) is 6.92. The molecule has 0 amide bonds. The van der Waals surface area contributed by atoms with Crippen molar-refractivity contribution in [1.29, 1.82) is 0 Å². The molecule has 7 nitrogen and oxygen atoms in total. The van der Waals surface area contributed by atoms with Gasteiger partial charge >= 0.3 is 17.9 Å². The third-order valence-electron chi connectivity index (χ3n) is 5.11. The van der Waals surface area contributed by atoms with E-state index < -0.39 is 42.0 Å². The molecule has 2 rings (SSSR count). The summed E-state index contributed by atoms with van der Waals surface area (Å²) in [5.74, 6) is -3.51. The van der Waals surface area contributed by atoms with E-state index in [1.165, 1.54) is 6.92 Å². The van der Waals surface area contributed by atoms with Crippen molar-refractivity contribution in [3.8, 4) is 0 Å². The highest BCUT2D eigenvalue weighted by molar-refractivity contribution is 5.88. The fraction of sp³-hybridized carbons (Fsp3) is 0.706. The number of cyclic esters (lactones) is 1. The molecule has 0 radical (unpaired) electrons. The van der Waals surface area contributed by atoms with Gasteiger partial charge in [0, 0.05) is 6.92 Å². The highest BCUT2D eigenvalue weighted by atomic mass is 16.6. The number of allylic oxidation sites excluding steroid dienone is 1. The zero-order valence-corrected chi connectivity index (χ0v) is 14.2. The Labute approximate surface area is 140 Å². The van der Waals surface area contributed by atoms with Gasteiger partial charge in [0.05, 0.1) is 12.2 Å². The summed E-state index contributed by atoms with van der Waals surface area (Å²) in [6, 6.07) is 0. The maximum atomic E-state index is 12.6. The predicted octanol–water partition coefficient (Wildman–Crippen LogP) is 1.15. The van der Waals surface area contributed by atoms with Crippen molar-refractivity contribution < 1.29 is 34.1 Å². The molecule has 2 aliphatic rings. The number of carboxylic acid groups (broad SMARTS) is 1. The molecule has 4 atom stereocenters. The van der Waals surface area contributed by atoms with E-state index in [0.29, 0.717) is 12.8 Å². The standard InChI is InChI=1S/C17H24O7/c1-9(2)12-4-5-17(8-18,24-10(3)19)14-13(12)6-11(15(20)21)7-23-16(14)22/h6,9,12-14,18H,4-5,7-8H2,1-3H3,(H,20,21). The normalized spacial score (nSPS) is 33.1. The van der Waals surface area contributed by atoms with Gasteiger partial charge in [-0.05, 0) is 30.6 Å². The first kappa shape index (κ1) is 18.4. The Morgan fingerprint density at radius 3 is 2.62 bits per heavy atom. The van der Waals surface area contributed by atoms with Crippen LogP contribution in [0.4, 0.5) is 0 Å². The minimum atomic E-state index is -1.37. The van der Waals surface area contributed by atoms with E-state index in [2.05, 4.69) is 0 Å². The first-order chi connectivity index (χ1) is 11.2. The molecule has 0 spiro atoms. The molecule has 0 saturated heterocycles. The molecule has 1 aliphatic carbocycles. The van der Waals surface area contributed by atoms with Crippen molar-refractivity contribution >= 4 is 17.9 Å². The van der Waals surface area contributed by atoms with Gasteiger partial charge in [0.15, 0.2) is 0 Å². The van der Waals surface area contributed by atoms with Crippen molar-refractivity contribution in [2.45, 2.75) is 39.2 Å². The number of ether oxygens (including phenoxy) is 2. The summed E-state index contributed by atoms with van der Waals surface area (Å²) in [7, 11) is 0. The molecular formula is C17H24O7. The van der Waals surface area contributed by atoms with Gasteiger partial charge in [0.1, 0.15) is 18.1 Å². The Morgan fingerprint density at radius 2 is 2.12 bits per heavy atom. The summed E-state index contributed by atoms with van der Waals surface area (Å²) in [6.07, 6.45) is 2.50. The molecule has 24 heavy (non-hydrogen) atoms. The van der Waals surface area contributed by atoms with Crippen molar-refractivity contribution in [3.05, 3.63) is 11.6 Å². The number of carbonyl (C=O) groups is 3. The van der Waals surface area contributed by atoms with Gasteiger partial charge in [-0.25, -0.2) is 4.79 Å². The van der Waals surface area contributed by atoms with E-state index >= 15 is 0 Å². The maximum absolute atomic E-state index is 12.6. The number of aliphatic hydroxyl groups excluding tert-OH is 1. The molecule has 1 fully saturated rings. The molecule has 1 heterocycles. The molecule has 7 heteroatoms. The summed E-state index contributed by atoms with van der Waals surface area (Å²) < 4.78 is 10.5. The highest BCUT2D eigenvalue weighted by Crippen LogP contribution is 2.48. The lowest BCUT2D eigenvalue weighted by Crippen LogP contribution is -2.56. The Morgan fingerprint density at radius 1 is 1.46 bits per heavy atom. The summed E-state index contributed by atoms with van der Waals surface area (Å²) in [6.45, 7) is 4.40. The monoisotopic (exact) mass is 340 g/mol. The van der Waals surface area contributed by atoms with Gasteiger partial charge in [-0.3, -0.25) is 9.59 Å². The number of carbonyl (C=O) groups excluding carboxylic acids is 2. The van der Waals surface area contributed by atoms with Crippen LogP contribution in [0.5, 0.6) is 0 Å². The number of aliphatic carboxylic acids is 1. The minimum Gasteiger partial charge on any atom is -0.478 e. The lowest BCUT2D eigenvalue weighted by Gasteiger charge is -2.47. The molecular weight excluding hydrogens is 316 g/mol. The van der Waals surface area contributed by atoms with Crippen LogP contribution in [-0.4, -0.2) is 46.9 Å². The molecule has 0 aromatic carbocycles. The molecule has 2 N–H and O–H groups in total. The average molecular weight is 340 g/mol. The number of esters is 2. The topological polar surface area (TPSA) is 110 Å². The van der Waals surface area contributed by atoms with Crippen molar-refractivity contribution in [2.24, 2.45) is 23.7 Å². The zero-order valence-electron chi connectivity index (χ0n) is 14.2. The van der Waals surface area contributed by atoms with Gasteiger partial charge in [-0.1, -0.05) is 19.9 Å². The van der Waals surface area contributed by atoms with E-state index in [1.807, 2.05) is 13.8 Å². The van der Waals surface area contributed by atoms with Crippen molar-refractivity contribution in [2.75, 3.05) is 13.2 Å². The van der Waals surface area contributed by atoms with Crippen molar-refractivity contribution in [3.63, 3.8) is 0 Å². The fourth-order valence-corrected chi connectivity index (χ4v) is 3.99. The van der Waals surface area contributed by atoms with E-state index in [9.17, 15) is 24.6 Å². The molecule has 1 saturated carbocycles. The van der Waals surface area contributed by atoms with Gasteiger partial charge < -0.3 is 19.7 Å². The van der Waals surface area contributed by atoms with Crippen LogP contribution in [0.3, 0.4) is 0 Å². The van der Waals surface area contributed by atoms with E-state index in [4.69, 9.17) is 9.47 Å². The maximum Gasteiger partial charge on any atom is 0.334 e. The number of fused-ring (bicyclic) bond motifs is 1. The lowest BCUT2D eigenvalue weighted by atomic mass is 9.61. The third kappa shape index (κ3) is 3.31. The summed E-state index contributed by atoms with van der Waals surface area (Å²) in [5, 5.41) is 19.2. The number of rotatable bonds is 4. The van der Waals surface area contributed by atoms with E-state index in [-0.39, 0.29) is 24.0 Å². The minimum absolute atomic E-state index is 0.0121. The van der Waals surface area contributed by atoms with Gasteiger partial charge in [-0.15, -0.1) is 0 Å². The molecule has 0 aromatic heterocycles. The van der Waals surface area contributed by atoms with Crippen LogP contribution in [0.2, 0.25) is 0 Å². The van der Waals surface area contributed by atoms with Crippen LogP contribution in [0, 0.1) is 23.7 Å². The first-order valence-electron chi connectivity index (χ1n) is 8.13. The lowest BCUT2D eigenvalue weighted by molar-refractivity contribution is -0.194. The van der Waals surface area contributed by atoms with Gasteiger partial charge in [0.25, 0.3) is 0 Å². The molecule has 0 bridgehead atoms. The van der Waals surface area contributed by atoms with Crippen molar-refractivity contribution in [1.82, 2.24) is 0 Å². The third-order valence-corrected chi connectivity index (χ3v) is 5.11. The number of carboxylic acids is 1. The summed E-state index contributed by atoms with van der Waals surface area (Å²) in [4.78, 5) is 35.5. The molecule has 1 aliphatic heterocycles. The van der Waals surface area contributed by atoms with Crippen LogP contribution in [0.15, 0.2) is 11.6 Å². The predicted molar refractivity (Wildman–Crippen MR) is 82.8 cm³/mol. The van der Waals surface area contributed by atoms with Gasteiger partial charge in [0.2, 0.25) is 0 Å². The SMILES string of the molecule is CC(=O)OC1(CO)CCC(C(C)C)C2C=C(C(=O)O)COC(=O)C21. The highest BCUT2D eigenvalue weighted by Gasteiger charge is 2.56. The Hall–Kier alpha value is -1.89. The van der Waals surface area contributed by atoms with Crippen LogP contribution >= 0.6 is 0 Å². The smallest absolute Gasteiger partial charge is 0.334 e. The Kier molecular flexibility index (Phi) is 5.32. The number of hydrogen-bond donors (Lipinski definition) is 2.